The van der Waals surface area contributed by atoms with Crippen molar-refractivity contribution in [2.75, 3.05) is 12.9 Å². The number of hydrogen-bond acceptors (Lipinski definition) is 2. The Bertz CT molecular complexity index is 50.0. The van der Waals surface area contributed by atoms with Crippen molar-refractivity contribution in [3.05, 3.63) is 5.44 Å². The van der Waals surface area contributed by atoms with E-state index in [0.717, 1.165) is 6.61 Å². The van der Waals surface area contributed by atoms with E-state index in [2.05, 4.69) is 6.26 Å². The van der Waals surface area contributed by atoms with E-state index in [1.807, 2.05) is 0 Å². The summed E-state index contributed by atoms with van der Waals surface area (Å²) in [6.45, 7) is 0.941. The zero-order chi connectivity index (χ0) is 5.11. The predicted octanol–water partition coefficient (Wildman–Crippen LogP) is 1.65. The van der Waals surface area contributed by atoms with Gasteiger partial charge in [-0.3, -0.25) is 0 Å². The minimum atomic E-state index is 0.941. The first-order valence-corrected chi connectivity index (χ1v) is 3.68. The van der Waals surface area contributed by atoms with Gasteiger partial charge in [0, 0.05) is 6.61 Å². The average Bonchev–Trinajstić information content (AvgIpc) is 2.14. The first-order valence-electron chi connectivity index (χ1n) is 2.46. The van der Waals surface area contributed by atoms with Gasteiger partial charge >= 0.3 is 0 Å². The van der Waals surface area contributed by atoms with Gasteiger partial charge in [-0.1, -0.05) is 0 Å². The van der Waals surface area contributed by atoms with E-state index in [-0.39, 0.29) is 0 Å². The Morgan fingerprint density at radius 1 is 1.71 bits per heavy atom. The largest absolute Gasteiger partial charge is 0.360 e. The maximum absolute atomic E-state index is 5.18. The lowest BCUT2D eigenvalue weighted by atomic mass is 10.4. The minimum Gasteiger partial charge on any atom is -0.360 e. The Morgan fingerprint density at radius 3 is 2.86 bits per heavy atom. The van der Waals surface area contributed by atoms with Gasteiger partial charge in [0.15, 0.2) is 5.44 Å². The monoisotopic (exact) mass is 117 g/mol. The van der Waals surface area contributed by atoms with Crippen molar-refractivity contribution in [3.8, 4) is 0 Å². The Kier molecular flexibility index (Phi) is 2.00. The van der Waals surface area contributed by atoms with Gasteiger partial charge in [-0.15, -0.1) is 11.8 Å². The van der Waals surface area contributed by atoms with Crippen LogP contribution in [0.2, 0.25) is 0 Å². The van der Waals surface area contributed by atoms with Gasteiger partial charge in [-0.05, 0) is 19.1 Å². The molecule has 2 heteroatoms. The first kappa shape index (κ1) is 5.45. The van der Waals surface area contributed by atoms with Gasteiger partial charge in [0.2, 0.25) is 0 Å². The Labute approximate surface area is 48.4 Å². The molecule has 1 radical (unpaired) electrons. The molecule has 1 fully saturated rings. The summed E-state index contributed by atoms with van der Waals surface area (Å²) in [4.78, 5) is 0. The fourth-order valence-electron chi connectivity index (χ4n) is 0.636. The van der Waals surface area contributed by atoms with E-state index in [0.29, 0.717) is 0 Å². The summed E-state index contributed by atoms with van der Waals surface area (Å²) in [5.41, 5.74) is 1.21. The zero-order valence-corrected chi connectivity index (χ0v) is 5.25. The van der Waals surface area contributed by atoms with Crippen molar-refractivity contribution >= 4 is 11.8 Å². The summed E-state index contributed by atoms with van der Waals surface area (Å²) in [5, 5.41) is 0. The van der Waals surface area contributed by atoms with Gasteiger partial charge in [-0.2, -0.15) is 0 Å². The average molecular weight is 117 g/mol. The molecule has 1 aliphatic rings. The van der Waals surface area contributed by atoms with Gasteiger partial charge in [0.25, 0.3) is 0 Å². The summed E-state index contributed by atoms with van der Waals surface area (Å²) < 4.78 is 5.18. The summed E-state index contributed by atoms with van der Waals surface area (Å²) in [6.07, 6.45) is 4.44. The van der Waals surface area contributed by atoms with Crippen molar-refractivity contribution in [1.29, 1.82) is 0 Å². The molecular weight excluding hydrogens is 108 g/mol. The highest BCUT2D eigenvalue weighted by Crippen LogP contribution is 2.28. The molecule has 0 N–H and O–H groups in total. The molecule has 0 aromatic rings. The summed E-state index contributed by atoms with van der Waals surface area (Å²) in [7, 11) is 0. The van der Waals surface area contributed by atoms with Crippen LogP contribution in [-0.4, -0.2) is 12.9 Å². The molecule has 0 bridgehead atoms. The molecule has 0 amide bonds. The van der Waals surface area contributed by atoms with Crippen molar-refractivity contribution in [2.45, 2.75) is 12.8 Å². The topological polar surface area (TPSA) is 9.23 Å². The van der Waals surface area contributed by atoms with Crippen LogP contribution in [0, 0.1) is 5.44 Å². The van der Waals surface area contributed by atoms with Gasteiger partial charge < -0.3 is 4.74 Å². The SMILES string of the molecule is CS[C]1CCCO1. The molecule has 0 aromatic carbocycles. The molecular formula is C5H9OS. The van der Waals surface area contributed by atoms with Gasteiger partial charge in [-0.25, -0.2) is 0 Å². The third kappa shape index (κ3) is 1.35. The van der Waals surface area contributed by atoms with Crippen molar-refractivity contribution in [1.82, 2.24) is 0 Å². The second kappa shape index (κ2) is 2.58. The van der Waals surface area contributed by atoms with E-state index in [1.165, 1.54) is 18.3 Å². The van der Waals surface area contributed by atoms with Crippen LogP contribution in [-0.2, 0) is 4.74 Å². The molecule has 1 aliphatic heterocycles. The van der Waals surface area contributed by atoms with Crippen LogP contribution in [0.15, 0.2) is 0 Å². The lowest BCUT2D eigenvalue weighted by molar-refractivity contribution is 0.240. The van der Waals surface area contributed by atoms with Crippen LogP contribution in [0.25, 0.3) is 0 Å². The highest BCUT2D eigenvalue weighted by Gasteiger charge is 2.13. The van der Waals surface area contributed by atoms with E-state index >= 15 is 0 Å². The molecule has 1 saturated heterocycles. The van der Waals surface area contributed by atoms with Gasteiger partial charge in [0.1, 0.15) is 0 Å². The van der Waals surface area contributed by atoms with Crippen LogP contribution in [0.5, 0.6) is 0 Å². The van der Waals surface area contributed by atoms with Crippen LogP contribution < -0.4 is 0 Å². The Hall–Kier alpha value is 0.310. The van der Waals surface area contributed by atoms with E-state index in [1.54, 1.807) is 11.8 Å². The van der Waals surface area contributed by atoms with Crippen molar-refractivity contribution in [3.63, 3.8) is 0 Å². The molecule has 41 valence electrons. The molecule has 0 saturated carbocycles. The molecule has 0 aromatic heterocycles. The highest BCUT2D eigenvalue weighted by atomic mass is 32.2. The van der Waals surface area contributed by atoms with Crippen LogP contribution in [0.3, 0.4) is 0 Å². The predicted molar refractivity (Wildman–Crippen MR) is 31.9 cm³/mol. The second-order valence-electron chi connectivity index (χ2n) is 1.53. The number of ether oxygens (including phenoxy) is 1. The maximum atomic E-state index is 5.18. The lowest BCUT2D eigenvalue weighted by Gasteiger charge is -1.98. The zero-order valence-electron chi connectivity index (χ0n) is 4.44. The Morgan fingerprint density at radius 2 is 2.57 bits per heavy atom. The fraction of sp³-hybridized carbons (Fsp3) is 0.800. The summed E-state index contributed by atoms with van der Waals surface area (Å²) in [5.74, 6) is 0. The Balaban J connectivity index is 2.14. The van der Waals surface area contributed by atoms with Gasteiger partial charge in [0.05, 0.1) is 0 Å². The van der Waals surface area contributed by atoms with E-state index in [9.17, 15) is 0 Å². The molecule has 1 nitrogen and oxygen atoms in total. The fourth-order valence-corrected chi connectivity index (χ4v) is 1.19. The minimum absolute atomic E-state index is 0.941. The molecule has 0 atom stereocenters. The molecule has 1 heterocycles. The lowest BCUT2D eigenvalue weighted by Crippen LogP contribution is -1.83. The number of thioether (sulfide) groups is 1. The second-order valence-corrected chi connectivity index (χ2v) is 2.39. The molecule has 0 unspecified atom stereocenters. The normalized spacial score (nSPS) is 23.6. The standard InChI is InChI=1S/C5H9OS/c1-7-5-3-2-4-6-5/h2-4H2,1H3. The van der Waals surface area contributed by atoms with Crippen LogP contribution in [0.1, 0.15) is 12.8 Å². The molecule has 0 spiro atoms. The third-order valence-electron chi connectivity index (χ3n) is 1.02. The molecule has 7 heavy (non-hydrogen) atoms. The summed E-state index contributed by atoms with van der Waals surface area (Å²) in [6, 6.07) is 0. The van der Waals surface area contributed by atoms with Crippen molar-refractivity contribution < 1.29 is 4.74 Å². The smallest absolute Gasteiger partial charge is 0.151 e. The van der Waals surface area contributed by atoms with Crippen molar-refractivity contribution in [2.24, 2.45) is 0 Å². The summed E-state index contributed by atoms with van der Waals surface area (Å²) >= 11 is 1.73. The molecule has 1 rings (SSSR count). The van der Waals surface area contributed by atoms with E-state index < -0.39 is 0 Å². The van der Waals surface area contributed by atoms with Crippen LogP contribution >= 0.6 is 11.8 Å². The van der Waals surface area contributed by atoms with E-state index in [4.69, 9.17) is 4.74 Å². The maximum Gasteiger partial charge on any atom is 0.151 e. The number of rotatable bonds is 1. The van der Waals surface area contributed by atoms with Crippen LogP contribution in [0.4, 0.5) is 0 Å². The third-order valence-corrected chi connectivity index (χ3v) is 1.79. The first-order chi connectivity index (χ1) is 3.43. The molecule has 0 aliphatic carbocycles. The number of hydrogen-bond donors (Lipinski definition) is 0. The highest BCUT2D eigenvalue weighted by molar-refractivity contribution is 8.01. The quantitative estimate of drug-likeness (QED) is 0.516.